The van der Waals surface area contributed by atoms with E-state index in [1.807, 2.05) is 36.4 Å². The quantitative estimate of drug-likeness (QED) is 0.418. The van der Waals surface area contributed by atoms with E-state index in [0.29, 0.717) is 5.56 Å². The maximum atomic E-state index is 12.5. The van der Waals surface area contributed by atoms with E-state index in [2.05, 4.69) is 18.2 Å². The molecule has 1 aromatic heterocycles. The van der Waals surface area contributed by atoms with Gasteiger partial charge in [-0.25, -0.2) is 4.79 Å². The van der Waals surface area contributed by atoms with Crippen molar-refractivity contribution in [1.82, 2.24) is 9.13 Å². The second-order valence-electron chi connectivity index (χ2n) is 6.41. The fraction of sp³-hybridized carbons (Fsp3) is 0.0909. The molecule has 0 radical (unpaired) electrons. The standard InChI is InChI=1S/C22H18N2O2/c1-23-19-11-10-18(14-20(19)24(2)22(23)26)21(25)12-8-15-7-9-16-5-3-4-6-17(16)13-15/h3-14H,1-2H3/b12-8+. The van der Waals surface area contributed by atoms with Crippen molar-refractivity contribution in [3.8, 4) is 0 Å². The van der Waals surface area contributed by atoms with Gasteiger partial charge in [-0.1, -0.05) is 42.5 Å². The first-order chi connectivity index (χ1) is 12.5. The lowest BCUT2D eigenvalue weighted by atomic mass is 10.1. The molecule has 0 spiro atoms. The van der Waals surface area contributed by atoms with Crippen LogP contribution >= 0.6 is 0 Å². The minimum atomic E-state index is -0.101. The van der Waals surface area contributed by atoms with Crippen LogP contribution in [0.25, 0.3) is 27.9 Å². The lowest BCUT2D eigenvalue weighted by Gasteiger charge is -2.00. The highest BCUT2D eigenvalue weighted by atomic mass is 16.1. The van der Waals surface area contributed by atoms with E-state index >= 15 is 0 Å². The summed E-state index contributed by atoms with van der Waals surface area (Å²) in [5, 5.41) is 2.31. The average Bonchev–Trinajstić information content (AvgIpc) is 2.89. The molecule has 1 heterocycles. The number of hydrogen-bond donors (Lipinski definition) is 0. The highest BCUT2D eigenvalue weighted by molar-refractivity contribution is 6.08. The zero-order valence-corrected chi connectivity index (χ0v) is 14.6. The second-order valence-corrected chi connectivity index (χ2v) is 6.41. The number of imidazole rings is 1. The molecule has 0 fully saturated rings. The molecule has 0 aliphatic carbocycles. The Kier molecular flexibility index (Phi) is 3.81. The third kappa shape index (κ3) is 2.65. The van der Waals surface area contributed by atoms with Gasteiger partial charge in [0.2, 0.25) is 0 Å². The number of carbonyl (C=O) groups excluding carboxylic acids is 1. The van der Waals surface area contributed by atoms with Gasteiger partial charge in [0.1, 0.15) is 0 Å². The number of aromatic nitrogens is 2. The topological polar surface area (TPSA) is 44.0 Å². The average molecular weight is 342 g/mol. The Labute approximate surface area is 150 Å². The molecule has 26 heavy (non-hydrogen) atoms. The summed E-state index contributed by atoms with van der Waals surface area (Å²) in [6, 6.07) is 19.6. The van der Waals surface area contributed by atoms with E-state index in [4.69, 9.17) is 0 Å². The van der Waals surface area contributed by atoms with Crippen molar-refractivity contribution in [2.45, 2.75) is 0 Å². The first kappa shape index (κ1) is 16.1. The molecule has 3 aromatic carbocycles. The summed E-state index contributed by atoms with van der Waals surface area (Å²) in [6.45, 7) is 0. The van der Waals surface area contributed by atoms with Crippen LogP contribution in [0.2, 0.25) is 0 Å². The molecule has 128 valence electrons. The highest BCUT2D eigenvalue weighted by Gasteiger charge is 2.10. The fourth-order valence-electron chi connectivity index (χ4n) is 3.24. The van der Waals surface area contributed by atoms with Gasteiger partial charge < -0.3 is 0 Å². The SMILES string of the molecule is Cn1c(=O)n(C)c2cc(C(=O)/C=C/c3ccc4ccccc4c3)ccc21. The van der Waals surface area contributed by atoms with Crippen LogP contribution in [0.1, 0.15) is 15.9 Å². The Bertz CT molecular complexity index is 1240. The molecule has 0 N–H and O–H groups in total. The zero-order chi connectivity index (χ0) is 18.3. The van der Waals surface area contributed by atoms with Gasteiger partial charge in [-0.05, 0) is 46.7 Å². The Morgan fingerprint density at radius 1 is 0.846 bits per heavy atom. The molecular weight excluding hydrogens is 324 g/mol. The smallest absolute Gasteiger partial charge is 0.295 e. The molecule has 0 amide bonds. The van der Waals surface area contributed by atoms with Crippen molar-refractivity contribution in [3.05, 3.63) is 88.4 Å². The molecular formula is C22H18N2O2. The van der Waals surface area contributed by atoms with Gasteiger partial charge >= 0.3 is 5.69 Å². The Hall–Kier alpha value is -3.40. The summed E-state index contributed by atoms with van der Waals surface area (Å²) in [6.07, 6.45) is 3.40. The van der Waals surface area contributed by atoms with Crippen molar-refractivity contribution in [2.75, 3.05) is 0 Å². The van der Waals surface area contributed by atoms with E-state index in [1.54, 1.807) is 41.4 Å². The van der Waals surface area contributed by atoms with E-state index < -0.39 is 0 Å². The number of fused-ring (bicyclic) bond motifs is 2. The number of nitrogens with zero attached hydrogens (tertiary/aromatic N) is 2. The van der Waals surface area contributed by atoms with Crippen LogP contribution in [0.5, 0.6) is 0 Å². The Morgan fingerprint density at radius 3 is 2.38 bits per heavy atom. The van der Waals surface area contributed by atoms with Crippen molar-refractivity contribution in [1.29, 1.82) is 0 Å². The summed E-state index contributed by atoms with van der Waals surface area (Å²) in [5.41, 5.74) is 3.01. The van der Waals surface area contributed by atoms with Crippen molar-refractivity contribution in [2.24, 2.45) is 14.1 Å². The van der Waals surface area contributed by atoms with E-state index in [-0.39, 0.29) is 11.5 Å². The van der Waals surface area contributed by atoms with Crippen molar-refractivity contribution in [3.63, 3.8) is 0 Å². The molecule has 4 rings (SSSR count). The van der Waals surface area contributed by atoms with Crippen LogP contribution in [-0.2, 0) is 14.1 Å². The van der Waals surface area contributed by atoms with Gasteiger partial charge in [0.25, 0.3) is 0 Å². The monoisotopic (exact) mass is 342 g/mol. The lowest BCUT2D eigenvalue weighted by molar-refractivity contribution is 0.104. The van der Waals surface area contributed by atoms with Gasteiger partial charge in [0.05, 0.1) is 11.0 Å². The third-order valence-corrected chi connectivity index (χ3v) is 4.76. The summed E-state index contributed by atoms with van der Waals surface area (Å²) in [5.74, 6) is -0.0867. The molecule has 0 aliphatic heterocycles. The van der Waals surface area contributed by atoms with Crippen LogP contribution < -0.4 is 5.69 Å². The van der Waals surface area contributed by atoms with E-state index in [1.165, 1.54) is 5.39 Å². The largest absolute Gasteiger partial charge is 0.328 e. The van der Waals surface area contributed by atoms with Crippen molar-refractivity contribution < 1.29 is 4.79 Å². The van der Waals surface area contributed by atoms with Crippen LogP contribution in [0.4, 0.5) is 0 Å². The minimum Gasteiger partial charge on any atom is -0.295 e. The highest BCUT2D eigenvalue weighted by Crippen LogP contribution is 2.18. The number of hydrogen-bond acceptors (Lipinski definition) is 2. The minimum absolute atomic E-state index is 0.0867. The number of carbonyl (C=O) groups is 1. The van der Waals surface area contributed by atoms with Gasteiger partial charge in [0.15, 0.2) is 5.78 Å². The Balaban J connectivity index is 1.66. The summed E-state index contributed by atoms with van der Waals surface area (Å²) in [4.78, 5) is 24.6. The summed E-state index contributed by atoms with van der Waals surface area (Å²) >= 11 is 0. The lowest BCUT2D eigenvalue weighted by Crippen LogP contribution is -2.19. The fourth-order valence-corrected chi connectivity index (χ4v) is 3.24. The molecule has 0 unspecified atom stereocenters. The molecule has 4 nitrogen and oxygen atoms in total. The maximum Gasteiger partial charge on any atom is 0.328 e. The number of benzene rings is 3. The molecule has 0 bridgehead atoms. The molecule has 0 atom stereocenters. The molecule has 0 aliphatic rings. The summed E-state index contributed by atoms with van der Waals surface area (Å²) < 4.78 is 3.13. The molecule has 4 aromatic rings. The van der Waals surface area contributed by atoms with Gasteiger partial charge in [-0.2, -0.15) is 0 Å². The third-order valence-electron chi connectivity index (χ3n) is 4.76. The number of rotatable bonds is 3. The van der Waals surface area contributed by atoms with Gasteiger partial charge in [-0.15, -0.1) is 0 Å². The van der Waals surface area contributed by atoms with Crippen LogP contribution in [0.3, 0.4) is 0 Å². The number of allylic oxidation sites excluding steroid dienone is 1. The van der Waals surface area contributed by atoms with Crippen LogP contribution in [0, 0.1) is 0 Å². The van der Waals surface area contributed by atoms with E-state index in [0.717, 1.165) is 22.0 Å². The number of aryl methyl sites for hydroxylation is 2. The van der Waals surface area contributed by atoms with Gasteiger partial charge in [0, 0.05) is 19.7 Å². The Morgan fingerprint density at radius 2 is 1.58 bits per heavy atom. The normalized spacial score (nSPS) is 11.6. The van der Waals surface area contributed by atoms with E-state index in [9.17, 15) is 9.59 Å². The zero-order valence-electron chi connectivity index (χ0n) is 14.6. The molecule has 0 saturated heterocycles. The predicted molar refractivity (Wildman–Crippen MR) is 105 cm³/mol. The molecule has 0 saturated carbocycles. The van der Waals surface area contributed by atoms with Crippen LogP contribution in [0.15, 0.2) is 71.5 Å². The predicted octanol–water partition coefficient (Wildman–Crippen LogP) is 3.93. The van der Waals surface area contributed by atoms with Crippen LogP contribution in [-0.4, -0.2) is 14.9 Å². The molecule has 4 heteroatoms. The second kappa shape index (κ2) is 6.15. The summed E-state index contributed by atoms with van der Waals surface area (Å²) in [7, 11) is 3.44. The van der Waals surface area contributed by atoms with Gasteiger partial charge in [-0.3, -0.25) is 13.9 Å². The maximum absolute atomic E-state index is 12.5. The first-order valence-corrected chi connectivity index (χ1v) is 8.41. The van der Waals surface area contributed by atoms with Crippen molar-refractivity contribution >= 4 is 33.7 Å². The number of ketones is 1. The first-order valence-electron chi connectivity index (χ1n) is 8.41.